The van der Waals surface area contributed by atoms with Crippen LogP contribution in [0.15, 0.2) is 18.2 Å². The third-order valence-corrected chi connectivity index (χ3v) is 2.73. The standard InChI is InChI=1S/C14H18FNO/c1-5-13(9(2)3)16-10(4)12-7-6-11(15)8-14(12)17/h1,6-10,13,16-17H,2-4H3. The molecule has 0 aliphatic carbocycles. The number of nitrogens with one attached hydrogen (secondary N) is 1. The maximum Gasteiger partial charge on any atom is 0.126 e. The lowest BCUT2D eigenvalue weighted by molar-refractivity contribution is 0.410. The normalized spacial score (nSPS) is 14.4. The fourth-order valence-electron chi connectivity index (χ4n) is 1.68. The molecule has 1 aromatic rings. The van der Waals surface area contributed by atoms with E-state index in [-0.39, 0.29) is 17.8 Å². The molecule has 0 aliphatic rings. The maximum absolute atomic E-state index is 12.9. The summed E-state index contributed by atoms with van der Waals surface area (Å²) in [6.45, 7) is 5.93. The van der Waals surface area contributed by atoms with E-state index in [2.05, 4.69) is 11.2 Å². The van der Waals surface area contributed by atoms with Crippen molar-refractivity contribution in [2.24, 2.45) is 5.92 Å². The van der Waals surface area contributed by atoms with E-state index in [9.17, 15) is 9.50 Å². The van der Waals surface area contributed by atoms with Gasteiger partial charge in [0, 0.05) is 17.7 Å². The Morgan fingerprint density at radius 3 is 2.47 bits per heavy atom. The molecule has 2 atom stereocenters. The highest BCUT2D eigenvalue weighted by atomic mass is 19.1. The number of phenols is 1. The van der Waals surface area contributed by atoms with Crippen LogP contribution in [0.3, 0.4) is 0 Å². The van der Waals surface area contributed by atoms with Crippen molar-refractivity contribution in [1.29, 1.82) is 0 Å². The summed E-state index contributed by atoms with van der Waals surface area (Å²) in [5.41, 5.74) is 0.646. The van der Waals surface area contributed by atoms with Crippen molar-refractivity contribution in [3.05, 3.63) is 29.6 Å². The van der Waals surface area contributed by atoms with E-state index in [1.807, 2.05) is 20.8 Å². The molecule has 0 aliphatic heterocycles. The number of hydrogen-bond donors (Lipinski definition) is 2. The Kier molecular flexibility index (Phi) is 4.53. The number of aromatic hydroxyl groups is 1. The molecule has 3 heteroatoms. The fraction of sp³-hybridized carbons (Fsp3) is 0.429. The van der Waals surface area contributed by atoms with E-state index in [0.29, 0.717) is 11.5 Å². The molecule has 1 rings (SSSR count). The average molecular weight is 235 g/mol. The van der Waals surface area contributed by atoms with Crippen LogP contribution in [0.5, 0.6) is 5.75 Å². The van der Waals surface area contributed by atoms with E-state index in [0.717, 1.165) is 6.07 Å². The summed E-state index contributed by atoms with van der Waals surface area (Å²) in [5, 5.41) is 12.9. The van der Waals surface area contributed by atoms with Crippen LogP contribution in [0.2, 0.25) is 0 Å². The average Bonchev–Trinajstić information content (AvgIpc) is 2.24. The molecule has 0 saturated carbocycles. The van der Waals surface area contributed by atoms with Gasteiger partial charge in [-0.25, -0.2) is 4.39 Å². The van der Waals surface area contributed by atoms with E-state index < -0.39 is 5.82 Å². The predicted molar refractivity (Wildman–Crippen MR) is 67.1 cm³/mol. The zero-order valence-corrected chi connectivity index (χ0v) is 10.4. The van der Waals surface area contributed by atoms with Gasteiger partial charge in [0.05, 0.1) is 6.04 Å². The van der Waals surface area contributed by atoms with E-state index >= 15 is 0 Å². The first kappa shape index (κ1) is 13.5. The van der Waals surface area contributed by atoms with Gasteiger partial charge >= 0.3 is 0 Å². The third-order valence-electron chi connectivity index (χ3n) is 2.73. The highest BCUT2D eigenvalue weighted by Gasteiger charge is 2.16. The van der Waals surface area contributed by atoms with Crippen molar-refractivity contribution in [1.82, 2.24) is 5.32 Å². The van der Waals surface area contributed by atoms with Crippen LogP contribution in [-0.2, 0) is 0 Å². The molecule has 0 amide bonds. The van der Waals surface area contributed by atoms with Crippen LogP contribution in [0.4, 0.5) is 4.39 Å². The first-order valence-corrected chi connectivity index (χ1v) is 5.66. The highest BCUT2D eigenvalue weighted by Crippen LogP contribution is 2.25. The van der Waals surface area contributed by atoms with Crippen LogP contribution in [0.25, 0.3) is 0 Å². The van der Waals surface area contributed by atoms with Gasteiger partial charge in [-0.05, 0) is 18.9 Å². The Hall–Kier alpha value is -1.53. The molecule has 17 heavy (non-hydrogen) atoms. The number of halogens is 1. The topological polar surface area (TPSA) is 32.3 Å². The molecule has 0 spiro atoms. The lowest BCUT2D eigenvalue weighted by atomic mass is 10.0. The van der Waals surface area contributed by atoms with Crippen molar-refractivity contribution in [3.8, 4) is 18.1 Å². The predicted octanol–water partition coefficient (Wildman–Crippen LogP) is 2.84. The number of terminal acetylenes is 1. The van der Waals surface area contributed by atoms with E-state index in [1.54, 1.807) is 6.07 Å². The smallest absolute Gasteiger partial charge is 0.126 e. The fourth-order valence-corrected chi connectivity index (χ4v) is 1.68. The zero-order chi connectivity index (χ0) is 13.0. The van der Waals surface area contributed by atoms with Crippen LogP contribution in [0, 0.1) is 24.1 Å². The van der Waals surface area contributed by atoms with Gasteiger partial charge in [-0.3, -0.25) is 5.32 Å². The molecule has 92 valence electrons. The summed E-state index contributed by atoms with van der Waals surface area (Å²) in [4.78, 5) is 0. The number of rotatable bonds is 4. The Labute approximate surface area is 102 Å². The highest BCUT2D eigenvalue weighted by molar-refractivity contribution is 5.35. The minimum Gasteiger partial charge on any atom is -0.508 e. The molecular formula is C14H18FNO. The van der Waals surface area contributed by atoms with E-state index in [1.165, 1.54) is 6.07 Å². The lowest BCUT2D eigenvalue weighted by Crippen LogP contribution is -2.34. The third kappa shape index (κ3) is 3.47. The second kappa shape index (κ2) is 5.70. The second-order valence-corrected chi connectivity index (χ2v) is 4.48. The van der Waals surface area contributed by atoms with Crippen molar-refractivity contribution < 1.29 is 9.50 Å². The molecule has 0 bridgehead atoms. The molecule has 2 unspecified atom stereocenters. The Morgan fingerprint density at radius 2 is 2.00 bits per heavy atom. The Morgan fingerprint density at radius 1 is 1.35 bits per heavy atom. The summed E-state index contributed by atoms with van der Waals surface area (Å²) in [6.07, 6.45) is 5.43. The molecule has 0 radical (unpaired) electrons. The Balaban J connectivity index is 2.83. The van der Waals surface area contributed by atoms with Gasteiger partial charge in [-0.15, -0.1) is 6.42 Å². The van der Waals surface area contributed by atoms with Crippen LogP contribution >= 0.6 is 0 Å². The molecule has 2 N–H and O–H groups in total. The summed E-state index contributed by atoms with van der Waals surface area (Å²) in [6, 6.07) is 3.80. The van der Waals surface area contributed by atoms with Crippen molar-refractivity contribution >= 4 is 0 Å². The molecule has 0 heterocycles. The lowest BCUT2D eigenvalue weighted by Gasteiger charge is -2.22. The second-order valence-electron chi connectivity index (χ2n) is 4.48. The summed E-state index contributed by atoms with van der Waals surface area (Å²) < 4.78 is 12.9. The van der Waals surface area contributed by atoms with Crippen LogP contribution in [0.1, 0.15) is 32.4 Å². The Bertz CT molecular complexity index is 423. The van der Waals surface area contributed by atoms with Gasteiger partial charge in [0.1, 0.15) is 11.6 Å². The van der Waals surface area contributed by atoms with Crippen LogP contribution < -0.4 is 5.32 Å². The number of phenolic OH excluding ortho intramolecular Hbond substituents is 1. The summed E-state index contributed by atoms with van der Waals surface area (Å²) in [7, 11) is 0. The van der Waals surface area contributed by atoms with Crippen molar-refractivity contribution in [2.45, 2.75) is 32.9 Å². The van der Waals surface area contributed by atoms with Gasteiger partial charge < -0.3 is 5.11 Å². The quantitative estimate of drug-likeness (QED) is 0.786. The van der Waals surface area contributed by atoms with Crippen molar-refractivity contribution in [3.63, 3.8) is 0 Å². The largest absolute Gasteiger partial charge is 0.508 e. The zero-order valence-electron chi connectivity index (χ0n) is 10.4. The molecule has 0 aromatic heterocycles. The first-order chi connectivity index (χ1) is 7.95. The number of hydrogen-bond acceptors (Lipinski definition) is 2. The molecular weight excluding hydrogens is 217 g/mol. The van der Waals surface area contributed by atoms with Gasteiger partial charge in [-0.1, -0.05) is 25.8 Å². The van der Waals surface area contributed by atoms with Gasteiger partial charge in [-0.2, -0.15) is 0 Å². The van der Waals surface area contributed by atoms with Crippen molar-refractivity contribution in [2.75, 3.05) is 0 Å². The monoisotopic (exact) mass is 235 g/mol. The SMILES string of the molecule is C#CC(NC(C)c1ccc(F)cc1O)C(C)C. The maximum atomic E-state index is 12.9. The molecule has 1 aromatic carbocycles. The summed E-state index contributed by atoms with van der Waals surface area (Å²) >= 11 is 0. The first-order valence-electron chi connectivity index (χ1n) is 5.66. The van der Waals surface area contributed by atoms with E-state index in [4.69, 9.17) is 6.42 Å². The molecule has 0 saturated heterocycles. The van der Waals surface area contributed by atoms with Crippen LogP contribution in [-0.4, -0.2) is 11.1 Å². The minimum absolute atomic E-state index is 0.0514. The van der Waals surface area contributed by atoms with Gasteiger partial charge in [0.2, 0.25) is 0 Å². The van der Waals surface area contributed by atoms with Gasteiger partial charge in [0.15, 0.2) is 0 Å². The van der Waals surface area contributed by atoms with Gasteiger partial charge in [0.25, 0.3) is 0 Å². The number of benzene rings is 1. The minimum atomic E-state index is -0.448. The molecule has 0 fully saturated rings. The molecule has 2 nitrogen and oxygen atoms in total. The summed E-state index contributed by atoms with van der Waals surface area (Å²) in [5.74, 6) is 2.46.